The molecule has 2 heterocycles. The van der Waals surface area contributed by atoms with Gasteiger partial charge in [0.05, 0.1) is 12.0 Å². The van der Waals surface area contributed by atoms with Crippen molar-refractivity contribution in [2.75, 3.05) is 5.75 Å². The molecule has 0 atom stereocenters. The van der Waals surface area contributed by atoms with Gasteiger partial charge in [-0.05, 0) is 12.1 Å². The Hall–Kier alpha value is -2.34. The van der Waals surface area contributed by atoms with Crippen molar-refractivity contribution >= 4 is 29.1 Å². The van der Waals surface area contributed by atoms with Crippen LogP contribution in [0.5, 0.6) is 0 Å². The molecular formula is C14H11N3O2S. The maximum atomic E-state index is 11.0. The first-order valence-electron chi connectivity index (χ1n) is 6.00. The summed E-state index contributed by atoms with van der Waals surface area (Å²) >= 11 is 1.33. The first kappa shape index (κ1) is 12.7. The minimum atomic E-state index is -0.0479. The maximum absolute atomic E-state index is 11.0. The number of benzene rings is 1. The third kappa shape index (κ3) is 2.97. The van der Waals surface area contributed by atoms with Crippen LogP contribution in [0.2, 0.25) is 0 Å². The predicted molar refractivity (Wildman–Crippen MR) is 79.8 cm³/mol. The van der Waals surface area contributed by atoms with Gasteiger partial charge in [-0.3, -0.25) is 4.79 Å². The number of furan rings is 1. The van der Waals surface area contributed by atoms with Crippen LogP contribution in [0.1, 0.15) is 5.76 Å². The van der Waals surface area contributed by atoms with Gasteiger partial charge in [-0.2, -0.15) is 5.10 Å². The van der Waals surface area contributed by atoms with Crippen LogP contribution in [-0.2, 0) is 4.79 Å². The lowest BCUT2D eigenvalue weighted by atomic mass is 10.2. The second-order valence-electron chi connectivity index (χ2n) is 4.05. The predicted octanol–water partition coefficient (Wildman–Crippen LogP) is 2.50. The standard InChI is InChI=1S/C14H11N3O2S/c18-13-9-20-14(16-13)17-15-8-11-6-7-12(19-11)10-4-2-1-3-5-10/h1-8H,9H2,(H,16,17,18)/b15-8+. The van der Waals surface area contributed by atoms with Crippen molar-refractivity contribution < 1.29 is 9.21 Å². The molecule has 100 valence electrons. The molecule has 1 fully saturated rings. The highest BCUT2D eigenvalue weighted by atomic mass is 32.2. The van der Waals surface area contributed by atoms with Gasteiger partial charge in [0.2, 0.25) is 5.91 Å². The SMILES string of the molecule is O=C1CS/C(=N/N=C/c2ccc(-c3ccccc3)o2)N1. The molecule has 2 aromatic rings. The molecule has 0 saturated carbocycles. The lowest BCUT2D eigenvalue weighted by Gasteiger charge is -1.94. The van der Waals surface area contributed by atoms with Crippen LogP contribution >= 0.6 is 11.8 Å². The van der Waals surface area contributed by atoms with Crippen molar-refractivity contribution in [3.05, 3.63) is 48.2 Å². The molecule has 0 unspecified atom stereocenters. The molecule has 6 heteroatoms. The van der Waals surface area contributed by atoms with Crippen LogP contribution in [0.4, 0.5) is 0 Å². The van der Waals surface area contributed by atoms with Crippen LogP contribution in [0, 0.1) is 0 Å². The molecule has 0 aliphatic carbocycles. The third-order valence-corrected chi connectivity index (χ3v) is 3.47. The van der Waals surface area contributed by atoms with Gasteiger partial charge in [0.15, 0.2) is 5.17 Å². The zero-order chi connectivity index (χ0) is 13.8. The highest BCUT2D eigenvalue weighted by Gasteiger charge is 2.15. The van der Waals surface area contributed by atoms with E-state index in [0.29, 0.717) is 16.7 Å². The van der Waals surface area contributed by atoms with Crippen molar-refractivity contribution in [3.8, 4) is 11.3 Å². The summed E-state index contributed by atoms with van der Waals surface area (Å²) in [5.74, 6) is 1.74. The van der Waals surface area contributed by atoms with Gasteiger partial charge >= 0.3 is 0 Å². The van der Waals surface area contributed by atoms with Crippen molar-refractivity contribution in [1.82, 2.24) is 5.32 Å². The molecule has 1 amide bonds. The van der Waals surface area contributed by atoms with Crippen LogP contribution in [0.15, 0.2) is 57.1 Å². The van der Waals surface area contributed by atoms with Crippen molar-refractivity contribution in [1.29, 1.82) is 0 Å². The summed E-state index contributed by atoms with van der Waals surface area (Å²) < 4.78 is 5.64. The van der Waals surface area contributed by atoms with Gasteiger partial charge in [-0.1, -0.05) is 42.1 Å². The summed E-state index contributed by atoms with van der Waals surface area (Å²) in [5, 5.41) is 10.9. The molecule has 5 nitrogen and oxygen atoms in total. The molecule has 0 radical (unpaired) electrons. The molecule has 1 aromatic carbocycles. The average molecular weight is 285 g/mol. The summed E-state index contributed by atoms with van der Waals surface area (Å²) in [4.78, 5) is 11.0. The molecule has 1 aromatic heterocycles. The van der Waals surface area contributed by atoms with Crippen LogP contribution in [0.3, 0.4) is 0 Å². The van der Waals surface area contributed by atoms with Gasteiger partial charge in [0.25, 0.3) is 0 Å². The van der Waals surface area contributed by atoms with E-state index in [-0.39, 0.29) is 5.91 Å². The van der Waals surface area contributed by atoms with Gasteiger partial charge in [0.1, 0.15) is 11.5 Å². The van der Waals surface area contributed by atoms with E-state index in [1.54, 1.807) is 0 Å². The van der Waals surface area contributed by atoms with Crippen LogP contribution in [-0.4, -0.2) is 23.0 Å². The highest BCUT2D eigenvalue weighted by molar-refractivity contribution is 8.15. The number of nitrogens with one attached hydrogen (secondary N) is 1. The normalized spacial score (nSPS) is 17.0. The van der Waals surface area contributed by atoms with E-state index in [0.717, 1.165) is 11.3 Å². The molecule has 0 spiro atoms. The smallest absolute Gasteiger partial charge is 0.236 e. The Labute approximate surface area is 119 Å². The zero-order valence-electron chi connectivity index (χ0n) is 10.4. The molecule has 1 aliphatic heterocycles. The summed E-state index contributed by atoms with van der Waals surface area (Å²) in [6, 6.07) is 13.5. The van der Waals surface area contributed by atoms with E-state index in [1.807, 2.05) is 42.5 Å². The largest absolute Gasteiger partial charge is 0.455 e. The third-order valence-electron chi connectivity index (χ3n) is 2.60. The van der Waals surface area contributed by atoms with E-state index in [1.165, 1.54) is 18.0 Å². The lowest BCUT2D eigenvalue weighted by molar-refractivity contribution is -0.116. The Kier molecular flexibility index (Phi) is 3.64. The van der Waals surface area contributed by atoms with E-state index < -0.39 is 0 Å². The molecule has 20 heavy (non-hydrogen) atoms. The number of carbonyl (C=O) groups excluding carboxylic acids is 1. The summed E-state index contributed by atoms with van der Waals surface area (Å²) in [5.41, 5.74) is 1.01. The Balaban J connectivity index is 1.70. The molecule has 1 N–H and O–H groups in total. The summed E-state index contributed by atoms with van der Waals surface area (Å²) in [6.07, 6.45) is 1.52. The number of rotatable bonds is 3. The quantitative estimate of drug-likeness (QED) is 0.696. The number of amidine groups is 1. The van der Waals surface area contributed by atoms with Crippen LogP contribution < -0.4 is 5.32 Å². The first-order chi connectivity index (χ1) is 9.81. The fourth-order valence-corrected chi connectivity index (χ4v) is 2.33. The van der Waals surface area contributed by atoms with E-state index in [4.69, 9.17) is 4.42 Å². The maximum Gasteiger partial charge on any atom is 0.236 e. The van der Waals surface area contributed by atoms with E-state index >= 15 is 0 Å². The first-order valence-corrected chi connectivity index (χ1v) is 6.99. The number of hydrogen-bond donors (Lipinski definition) is 1. The molecule has 1 aliphatic rings. The fraction of sp³-hybridized carbons (Fsp3) is 0.0714. The molecular weight excluding hydrogens is 274 g/mol. The monoisotopic (exact) mass is 285 g/mol. The van der Waals surface area contributed by atoms with Crippen LogP contribution in [0.25, 0.3) is 11.3 Å². The second-order valence-corrected chi connectivity index (χ2v) is 5.02. The number of thioether (sulfide) groups is 1. The van der Waals surface area contributed by atoms with Crippen molar-refractivity contribution in [2.24, 2.45) is 10.2 Å². The summed E-state index contributed by atoms with van der Waals surface area (Å²) in [6.45, 7) is 0. The van der Waals surface area contributed by atoms with Gasteiger partial charge in [-0.25, -0.2) is 0 Å². The molecule has 3 rings (SSSR count). The topological polar surface area (TPSA) is 67.0 Å². The lowest BCUT2D eigenvalue weighted by Crippen LogP contribution is -2.19. The Morgan fingerprint density at radius 1 is 1.20 bits per heavy atom. The van der Waals surface area contributed by atoms with Crippen molar-refractivity contribution in [3.63, 3.8) is 0 Å². The number of carbonyl (C=O) groups is 1. The van der Waals surface area contributed by atoms with E-state index in [9.17, 15) is 4.79 Å². The Morgan fingerprint density at radius 2 is 2.05 bits per heavy atom. The molecule has 1 saturated heterocycles. The fourth-order valence-electron chi connectivity index (χ4n) is 1.70. The zero-order valence-corrected chi connectivity index (χ0v) is 11.3. The average Bonchev–Trinajstić information content (AvgIpc) is 3.09. The molecule has 0 bridgehead atoms. The van der Waals surface area contributed by atoms with Crippen molar-refractivity contribution in [2.45, 2.75) is 0 Å². The van der Waals surface area contributed by atoms with E-state index in [2.05, 4.69) is 15.5 Å². The van der Waals surface area contributed by atoms with Gasteiger partial charge in [0, 0.05) is 5.56 Å². The summed E-state index contributed by atoms with van der Waals surface area (Å²) in [7, 11) is 0. The number of hydrogen-bond acceptors (Lipinski definition) is 5. The number of nitrogens with zero attached hydrogens (tertiary/aromatic N) is 2. The van der Waals surface area contributed by atoms with Gasteiger partial charge in [-0.15, -0.1) is 5.10 Å². The van der Waals surface area contributed by atoms with Gasteiger partial charge < -0.3 is 9.73 Å². The minimum absolute atomic E-state index is 0.0479. The minimum Gasteiger partial charge on any atom is -0.455 e. The Bertz CT molecular complexity index is 677. The highest BCUT2D eigenvalue weighted by Crippen LogP contribution is 2.20. The second kappa shape index (κ2) is 5.75. The Morgan fingerprint density at radius 3 is 2.80 bits per heavy atom. The number of amides is 1.